The molecule has 1 heterocycles. The van der Waals surface area contributed by atoms with Crippen molar-refractivity contribution < 1.29 is 27.9 Å². The third kappa shape index (κ3) is 4.51. The summed E-state index contributed by atoms with van der Waals surface area (Å²) in [5, 5.41) is 14.4. The van der Waals surface area contributed by atoms with Gasteiger partial charge in [-0.25, -0.2) is 13.9 Å². The molecule has 0 atom stereocenters. The van der Waals surface area contributed by atoms with Gasteiger partial charge in [0.1, 0.15) is 0 Å². The van der Waals surface area contributed by atoms with Crippen LogP contribution in [0.1, 0.15) is 27.3 Å². The number of nitrogens with two attached hydrogens (primary N) is 2. The van der Waals surface area contributed by atoms with Crippen molar-refractivity contribution in [1.29, 1.82) is 0 Å². The van der Waals surface area contributed by atoms with Gasteiger partial charge >= 0.3 is 16.2 Å². The molecule has 0 radical (unpaired) electrons. The number of aromatic carboxylic acids is 1. The van der Waals surface area contributed by atoms with Crippen LogP contribution in [0, 0.1) is 0 Å². The molecule has 2 aromatic rings. The molecule has 0 saturated carbocycles. The molecular weight excluding hydrogens is 376 g/mol. The summed E-state index contributed by atoms with van der Waals surface area (Å²) in [5.41, 5.74) is 5.40. The van der Waals surface area contributed by atoms with Crippen LogP contribution >= 0.6 is 0 Å². The van der Waals surface area contributed by atoms with Crippen LogP contribution in [-0.4, -0.2) is 53.8 Å². The third-order valence-electron chi connectivity index (χ3n) is 3.81. The van der Waals surface area contributed by atoms with Gasteiger partial charge in [0.05, 0.1) is 0 Å². The van der Waals surface area contributed by atoms with Crippen molar-refractivity contribution in [3.05, 3.63) is 47.8 Å². The van der Waals surface area contributed by atoms with Crippen molar-refractivity contribution in [1.82, 2.24) is 8.87 Å². The van der Waals surface area contributed by atoms with Crippen LogP contribution in [0.4, 0.5) is 0 Å². The zero-order valence-electron chi connectivity index (χ0n) is 14.3. The van der Waals surface area contributed by atoms with Crippen LogP contribution in [0.3, 0.4) is 0 Å². The monoisotopic (exact) mass is 394 g/mol. The van der Waals surface area contributed by atoms with Crippen molar-refractivity contribution in [2.45, 2.75) is 6.42 Å². The quantitative estimate of drug-likeness (QED) is 0.590. The molecule has 0 aliphatic heterocycles. The maximum absolute atomic E-state index is 12.3. The van der Waals surface area contributed by atoms with E-state index in [9.17, 15) is 27.9 Å². The van der Waals surface area contributed by atoms with E-state index in [-0.39, 0.29) is 24.4 Å². The molecule has 0 saturated heterocycles. The lowest BCUT2D eigenvalue weighted by atomic mass is 10.0. The van der Waals surface area contributed by atoms with E-state index in [2.05, 4.69) is 0 Å². The Bertz CT molecular complexity index is 994. The van der Waals surface area contributed by atoms with Crippen LogP contribution in [0.15, 0.2) is 36.5 Å². The number of hydrogen-bond donors (Lipinski definition) is 3. The third-order valence-corrected chi connectivity index (χ3v) is 4.66. The minimum Gasteiger partial charge on any atom is -0.477 e. The number of nitrogens with zero attached hydrogens (tertiary/aromatic N) is 2. The molecule has 0 spiro atoms. The van der Waals surface area contributed by atoms with E-state index in [1.54, 1.807) is 0 Å². The lowest BCUT2D eigenvalue weighted by Gasteiger charge is -2.16. The molecule has 5 N–H and O–H groups in total. The summed E-state index contributed by atoms with van der Waals surface area (Å²) in [7, 11) is -2.75. The van der Waals surface area contributed by atoms with Crippen molar-refractivity contribution >= 4 is 28.0 Å². The van der Waals surface area contributed by atoms with Crippen LogP contribution in [0.5, 0.6) is 0 Å². The fourth-order valence-corrected chi connectivity index (χ4v) is 3.12. The second kappa shape index (κ2) is 7.60. The highest BCUT2D eigenvalue weighted by atomic mass is 32.2. The lowest BCUT2D eigenvalue weighted by Crippen LogP contribution is -2.30. The molecule has 1 aromatic carbocycles. The predicted octanol–water partition coefficient (Wildman–Crippen LogP) is -0.148. The maximum Gasteiger partial charge on any atom is 0.354 e. The Morgan fingerprint density at radius 3 is 2.22 bits per heavy atom. The highest BCUT2D eigenvalue weighted by molar-refractivity contribution is 7.87. The molecule has 2 rings (SSSR count). The number of amides is 2. The van der Waals surface area contributed by atoms with E-state index >= 15 is 0 Å². The number of primary amides is 1. The summed E-state index contributed by atoms with van der Waals surface area (Å²) in [6, 6.07) is 7.23. The number of carbonyl (C=O) groups is 3. The van der Waals surface area contributed by atoms with Crippen LogP contribution < -0.4 is 10.9 Å². The van der Waals surface area contributed by atoms with Gasteiger partial charge in [0, 0.05) is 37.3 Å². The van der Waals surface area contributed by atoms with Gasteiger partial charge in [-0.15, -0.1) is 0 Å². The maximum atomic E-state index is 12.3. The molecule has 0 bridgehead atoms. The Morgan fingerprint density at radius 2 is 1.74 bits per heavy atom. The van der Waals surface area contributed by atoms with E-state index in [0.29, 0.717) is 15.1 Å². The van der Waals surface area contributed by atoms with Gasteiger partial charge in [-0.1, -0.05) is 12.1 Å². The minimum absolute atomic E-state index is 0.0311. The van der Waals surface area contributed by atoms with Gasteiger partial charge in [-0.05, 0) is 23.8 Å². The van der Waals surface area contributed by atoms with Gasteiger partial charge in [0.2, 0.25) is 5.91 Å². The standard InChI is InChI=1S/C16H18N4O6S/c1-19(8-7-13(17)21)15(22)11-4-2-10(3-5-11)12-6-9-20(27(18,25)26)14(12)16(23)24/h2-6,9H,7-8H2,1H3,(H2,17,21)(H,23,24)(H2,18,25,26). The summed E-state index contributed by atoms with van der Waals surface area (Å²) < 4.78 is 23.5. The average Bonchev–Trinajstić information content (AvgIpc) is 3.04. The highest BCUT2D eigenvalue weighted by Crippen LogP contribution is 2.26. The van der Waals surface area contributed by atoms with E-state index < -0.39 is 27.8 Å². The number of aromatic nitrogens is 1. The highest BCUT2D eigenvalue weighted by Gasteiger charge is 2.23. The summed E-state index contributed by atoms with van der Waals surface area (Å²) in [5.74, 6) is -2.33. The molecule has 11 heteroatoms. The molecule has 0 unspecified atom stereocenters. The van der Waals surface area contributed by atoms with E-state index in [1.807, 2.05) is 0 Å². The molecule has 144 valence electrons. The molecule has 2 amide bonds. The van der Waals surface area contributed by atoms with Crippen molar-refractivity contribution in [3.63, 3.8) is 0 Å². The van der Waals surface area contributed by atoms with Crippen LogP contribution in [0.25, 0.3) is 11.1 Å². The summed E-state index contributed by atoms with van der Waals surface area (Å²) >= 11 is 0. The summed E-state index contributed by atoms with van der Waals surface area (Å²) in [6.45, 7) is 0.163. The molecule has 0 aliphatic carbocycles. The molecule has 27 heavy (non-hydrogen) atoms. The largest absolute Gasteiger partial charge is 0.477 e. The van der Waals surface area contributed by atoms with Gasteiger partial charge in [-0.3, -0.25) is 9.59 Å². The second-order valence-electron chi connectivity index (χ2n) is 5.74. The van der Waals surface area contributed by atoms with Gasteiger partial charge in [0.25, 0.3) is 5.91 Å². The molecule has 0 fully saturated rings. The van der Waals surface area contributed by atoms with Crippen molar-refractivity contribution in [3.8, 4) is 11.1 Å². The molecule has 1 aromatic heterocycles. The fraction of sp³-hybridized carbons (Fsp3) is 0.188. The lowest BCUT2D eigenvalue weighted by molar-refractivity contribution is -0.118. The van der Waals surface area contributed by atoms with Crippen molar-refractivity contribution in [2.24, 2.45) is 10.9 Å². The number of hydrogen-bond acceptors (Lipinski definition) is 5. The molecule has 0 aliphatic rings. The summed E-state index contributed by atoms with van der Waals surface area (Å²) in [4.78, 5) is 35.9. The predicted molar refractivity (Wildman–Crippen MR) is 96.1 cm³/mol. The Hall–Kier alpha value is -3.18. The Balaban J connectivity index is 2.33. The zero-order chi connectivity index (χ0) is 20.4. The van der Waals surface area contributed by atoms with E-state index in [0.717, 1.165) is 6.20 Å². The zero-order valence-corrected chi connectivity index (χ0v) is 15.1. The summed E-state index contributed by atoms with van der Waals surface area (Å²) in [6.07, 6.45) is 1.08. The average molecular weight is 394 g/mol. The van der Waals surface area contributed by atoms with Gasteiger partial charge in [-0.2, -0.15) is 8.42 Å². The molecular formula is C16H18N4O6S. The van der Waals surface area contributed by atoms with Gasteiger partial charge in [0.15, 0.2) is 5.69 Å². The second-order valence-corrected chi connectivity index (χ2v) is 7.17. The number of carbonyl (C=O) groups excluding carboxylic acids is 2. The first-order valence-electron chi connectivity index (χ1n) is 7.64. The van der Waals surface area contributed by atoms with Crippen molar-refractivity contribution in [2.75, 3.05) is 13.6 Å². The Kier molecular flexibility index (Phi) is 5.66. The van der Waals surface area contributed by atoms with E-state index in [1.165, 1.54) is 42.3 Å². The first-order valence-corrected chi connectivity index (χ1v) is 9.15. The SMILES string of the molecule is CN(CCC(N)=O)C(=O)c1ccc(-c2ccn(S(N)(=O)=O)c2C(=O)O)cc1. The Labute approximate surface area is 155 Å². The smallest absolute Gasteiger partial charge is 0.354 e. The van der Waals surface area contributed by atoms with Crippen LogP contribution in [-0.2, 0) is 15.0 Å². The topological polar surface area (TPSA) is 166 Å². The minimum atomic E-state index is -4.27. The van der Waals surface area contributed by atoms with E-state index in [4.69, 9.17) is 10.9 Å². The first-order chi connectivity index (χ1) is 12.5. The Morgan fingerprint density at radius 1 is 1.15 bits per heavy atom. The number of carboxylic acids is 1. The first kappa shape index (κ1) is 20.1. The normalized spacial score (nSPS) is 11.2. The number of benzene rings is 1. The number of rotatable bonds is 7. The number of carboxylic acid groups (broad SMARTS) is 1. The van der Waals surface area contributed by atoms with Gasteiger partial charge < -0.3 is 15.7 Å². The van der Waals surface area contributed by atoms with Crippen LogP contribution in [0.2, 0.25) is 0 Å². The fourth-order valence-electron chi connectivity index (χ4n) is 2.46. The molecule has 10 nitrogen and oxygen atoms in total.